The molecule has 0 aromatic carbocycles. The van der Waals surface area contributed by atoms with Gasteiger partial charge in [-0.2, -0.15) is 5.10 Å². The molecular formula is C9H17N3O. The third-order valence-corrected chi connectivity index (χ3v) is 1.25. The Bertz CT molecular complexity index is 278. The summed E-state index contributed by atoms with van der Waals surface area (Å²) >= 11 is 0. The van der Waals surface area contributed by atoms with Crippen molar-refractivity contribution in [3.05, 3.63) is 17.5 Å². The average Bonchev–Trinajstić information content (AvgIpc) is 2.31. The zero-order chi connectivity index (χ0) is 10.4. The number of rotatable bonds is 1. The summed E-state index contributed by atoms with van der Waals surface area (Å²) < 4.78 is 1.56. The van der Waals surface area contributed by atoms with Crippen LogP contribution in [0.15, 0.2) is 6.20 Å². The molecule has 0 saturated heterocycles. The Labute approximate surface area is 78.7 Å². The summed E-state index contributed by atoms with van der Waals surface area (Å²) in [5.74, 6) is -0.474. The first kappa shape index (κ1) is 11.7. The third kappa shape index (κ3) is 3.73. The smallest absolute Gasteiger partial charge is 0.269 e. The average molecular weight is 183 g/mol. The molecule has 2 N–H and O–H groups in total. The van der Waals surface area contributed by atoms with E-state index in [4.69, 9.17) is 5.73 Å². The van der Waals surface area contributed by atoms with Crippen LogP contribution in [0.4, 0.5) is 0 Å². The molecule has 1 aromatic heterocycles. The second-order valence-corrected chi connectivity index (χ2v) is 2.91. The fourth-order valence-electron chi connectivity index (χ4n) is 0.850. The number of hydrogen-bond donors (Lipinski definition) is 1. The van der Waals surface area contributed by atoms with Crippen molar-refractivity contribution in [2.75, 3.05) is 0 Å². The van der Waals surface area contributed by atoms with E-state index >= 15 is 0 Å². The molecule has 0 aliphatic rings. The predicted octanol–water partition coefficient (Wildman–Crippen LogP) is 1.24. The van der Waals surface area contributed by atoms with Crippen LogP contribution in [0.25, 0.3) is 0 Å². The molecule has 0 aliphatic heterocycles. The molecule has 1 heterocycles. The summed E-state index contributed by atoms with van der Waals surface area (Å²) in [4.78, 5) is 10.6. The summed E-state index contributed by atoms with van der Waals surface area (Å²) in [6.45, 7) is 6.05. The van der Waals surface area contributed by atoms with Gasteiger partial charge in [-0.25, -0.2) is 0 Å². The van der Waals surface area contributed by atoms with Gasteiger partial charge in [0.25, 0.3) is 5.91 Å². The van der Waals surface area contributed by atoms with Crippen molar-refractivity contribution in [1.29, 1.82) is 0 Å². The van der Waals surface area contributed by atoms with E-state index < -0.39 is 5.91 Å². The van der Waals surface area contributed by atoms with Gasteiger partial charge in [0.1, 0.15) is 0 Å². The lowest BCUT2D eigenvalue weighted by Gasteiger charge is -1.86. The summed E-state index contributed by atoms with van der Waals surface area (Å²) in [6.07, 6.45) is 3.00. The van der Waals surface area contributed by atoms with Crippen LogP contribution in [-0.2, 0) is 7.05 Å². The van der Waals surface area contributed by atoms with Gasteiger partial charge in [-0.3, -0.25) is 9.48 Å². The first-order valence-electron chi connectivity index (χ1n) is 4.32. The Morgan fingerprint density at radius 3 is 2.23 bits per heavy atom. The van der Waals surface area contributed by atoms with Crippen molar-refractivity contribution in [2.45, 2.75) is 27.2 Å². The van der Waals surface area contributed by atoms with Crippen molar-refractivity contribution in [3.63, 3.8) is 0 Å². The zero-order valence-electron chi connectivity index (χ0n) is 8.66. The molecule has 0 bridgehead atoms. The highest BCUT2D eigenvalue weighted by Gasteiger charge is 2.07. The number of carbonyl (C=O) groups excluding carboxylic acids is 1. The van der Waals surface area contributed by atoms with Gasteiger partial charge in [0.05, 0.1) is 0 Å². The summed E-state index contributed by atoms with van der Waals surface area (Å²) in [6, 6.07) is 0. The molecule has 0 unspecified atom stereocenters. The molecule has 1 rings (SSSR count). The largest absolute Gasteiger partial charge is 0.364 e. The number of nitrogens with two attached hydrogens (primary N) is 1. The first-order chi connectivity index (χ1) is 6.02. The second kappa shape index (κ2) is 5.35. The van der Waals surface area contributed by atoms with Crippen LogP contribution in [0.3, 0.4) is 0 Å². The van der Waals surface area contributed by atoms with E-state index in [1.807, 2.05) is 0 Å². The molecule has 0 fully saturated rings. The molecule has 74 valence electrons. The van der Waals surface area contributed by atoms with Crippen molar-refractivity contribution in [1.82, 2.24) is 9.78 Å². The molecule has 4 heteroatoms. The molecule has 1 aromatic rings. The topological polar surface area (TPSA) is 60.9 Å². The van der Waals surface area contributed by atoms with E-state index in [1.54, 1.807) is 24.9 Å². The Balaban J connectivity index is 0.000000424. The first-order valence-corrected chi connectivity index (χ1v) is 4.32. The molecule has 13 heavy (non-hydrogen) atoms. The van der Waals surface area contributed by atoms with Crippen LogP contribution in [0, 0.1) is 6.92 Å². The fraction of sp³-hybridized carbons (Fsp3) is 0.556. The predicted molar refractivity (Wildman–Crippen MR) is 52.4 cm³/mol. The van der Waals surface area contributed by atoms with Crippen molar-refractivity contribution < 1.29 is 4.79 Å². The van der Waals surface area contributed by atoms with E-state index in [2.05, 4.69) is 18.9 Å². The van der Waals surface area contributed by atoms with Crippen molar-refractivity contribution >= 4 is 5.91 Å². The van der Waals surface area contributed by atoms with Gasteiger partial charge >= 0.3 is 0 Å². The SMILES string of the molecule is CCC.Cc1cn(C)nc1C(N)=O. The van der Waals surface area contributed by atoms with Crippen LogP contribution < -0.4 is 5.73 Å². The minimum absolute atomic E-state index is 0.350. The van der Waals surface area contributed by atoms with E-state index in [0.29, 0.717) is 5.69 Å². The second-order valence-electron chi connectivity index (χ2n) is 2.91. The zero-order valence-corrected chi connectivity index (χ0v) is 8.66. The van der Waals surface area contributed by atoms with Crippen LogP contribution in [0.2, 0.25) is 0 Å². The fourth-order valence-corrected chi connectivity index (χ4v) is 0.850. The molecule has 1 amide bonds. The highest BCUT2D eigenvalue weighted by molar-refractivity contribution is 5.92. The lowest BCUT2D eigenvalue weighted by molar-refractivity contribution is 0.0994. The van der Waals surface area contributed by atoms with Crippen LogP contribution in [-0.4, -0.2) is 15.7 Å². The number of amides is 1. The van der Waals surface area contributed by atoms with E-state index in [-0.39, 0.29) is 0 Å². The van der Waals surface area contributed by atoms with Gasteiger partial charge in [-0.1, -0.05) is 20.3 Å². The number of nitrogens with zero attached hydrogens (tertiary/aromatic N) is 2. The Morgan fingerprint density at radius 2 is 2.08 bits per heavy atom. The Kier molecular flexibility index (Phi) is 4.80. The number of aromatic nitrogens is 2. The molecular weight excluding hydrogens is 166 g/mol. The molecule has 4 nitrogen and oxygen atoms in total. The molecule has 0 saturated carbocycles. The normalized spacial score (nSPS) is 8.92. The quantitative estimate of drug-likeness (QED) is 0.712. The van der Waals surface area contributed by atoms with E-state index in [0.717, 1.165) is 5.56 Å². The minimum atomic E-state index is -0.474. The van der Waals surface area contributed by atoms with Gasteiger partial charge in [0, 0.05) is 18.8 Å². The van der Waals surface area contributed by atoms with E-state index in [9.17, 15) is 4.79 Å². The maximum absolute atomic E-state index is 10.6. The number of carbonyl (C=O) groups is 1. The number of aryl methyl sites for hydroxylation is 2. The molecule has 0 radical (unpaired) electrons. The van der Waals surface area contributed by atoms with Gasteiger partial charge in [-0.05, 0) is 6.92 Å². The van der Waals surface area contributed by atoms with E-state index in [1.165, 1.54) is 6.42 Å². The monoisotopic (exact) mass is 183 g/mol. The number of primary amides is 1. The summed E-state index contributed by atoms with van der Waals surface area (Å²) in [5, 5.41) is 3.85. The van der Waals surface area contributed by atoms with Crippen molar-refractivity contribution in [2.24, 2.45) is 12.8 Å². The Hall–Kier alpha value is -1.32. The van der Waals surface area contributed by atoms with Gasteiger partial charge < -0.3 is 5.73 Å². The lowest BCUT2D eigenvalue weighted by atomic mass is 10.3. The number of hydrogen-bond acceptors (Lipinski definition) is 2. The lowest BCUT2D eigenvalue weighted by Crippen LogP contribution is -2.13. The highest BCUT2D eigenvalue weighted by Crippen LogP contribution is 2.01. The molecule has 0 spiro atoms. The molecule has 0 aliphatic carbocycles. The summed E-state index contributed by atoms with van der Waals surface area (Å²) in [7, 11) is 1.75. The van der Waals surface area contributed by atoms with Crippen molar-refractivity contribution in [3.8, 4) is 0 Å². The standard InChI is InChI=1S/C6H9N3O.C3H8/c1-4-3-9(2)8-5(4)6(7)10;1-3-2/h3H,1-2H3,(H2,7,10);3H2,1-2H3. The van der Waals surface area contributed by atoms with Gasteiger partial charge in [0.15, 0.2) is 5.69 Å². The Morgan fingerprint density at radius 1 is 1.62 bits per heavy atom. The van der Waals surface area contributed by atoms with Crippen LogP contribution >= 0.6 is 0 Å². The minimum Gasteiger partial charge on any atom is -0.364 e. The van der Waals surface area contributed by atoms with Gasteiger partial charge in [-0.15, -0.1) is 0 Å². The third-order valence-electron chi connectivity index (χ3n) is 1.25. The molecule has 0 atom stereocenters. The maximum atomic E-state index is 10.6. The highest BCUT2D eigenvalue weighted by atomic mass is 16.1. The van der Waals surface area contributed by atoms with Crippen LogP contribution in [0.5, 0.6) is 0 Å². The van der Waals surface area contributed by atoms with Crippen LogP contribution in [0.1, 0.15) is 36.3 Å². The summed E-state index contributed by atoms with van der Waals surface area (Å²) in [5.41, 5.74) is 6.18. The maximum Gasteiger partial charge on any atom is 0.269 e. The van der Waals surface area contributed by atoms with Gasteiger partial charge in [0.2, 0.25) is 0 Å².